The van der Waals surface area contributed by atoms with E-state index in [0.29, 0.717) is 19.0 Å². The average molecular weight is 365 g/mol. The summed E-state index contributed by atoms with van der Waals surface area (Å²) < 4.78 is 19.2. The van der Waals surface area contributed by atoms with Crippen molar-refractivity contribution >= 4 is 11.6 Å². The second-order valence-corrected chi connectivity index (χ2v) is 6.25. The molecule has 0 amide bonds. The summed E-state index contributed by atoms with van der Waals surface area (Å²) >= 11 is 0. The Labute approximate surface area is 157 Å². The van der Waals surface area contributed by atoms with E-state index in [0.717, 1.165) is 30.2 Å². The Hall–Kier alpha value is -3.06. The number of rotatable bonds is 5. The molecule has 0 saturated carbocycles. The number of nitrogens with one attached hydrogen (secondary N) is 1. The average Bonchev–Trinajstić information content (AvgIpc) is 2.73. The van der Waals surface area contributed by atoms with Gasteiger partial charge in [-0.15, -0.1) is 0 Å². The van der Waals surface area contributed by atoms with Gasteiger partial charge in [-0.2, -0.15) is 0 Å². The molecule has 0 radical (unpaired) electrons. The van der Waals surface area contributed by atoms with Crippen molar-refractivity contribution in [2.24, 2.45) is 0 Å². The van der Waals surface area contributed by atoms with Gasteiger partial charge in [0.1, 0.15) is 23.8 Å². The zero-order valence-electron chi connectivity index (χ0n) is 14.8. The molecule has 0 spiro atoms. The number of anilines is 2. The maximum Gasteiger partial charge on any atom is 0.134 e. The number of morpholine rings is 1. The number of nitrogens with zero attached hydrogens (tertiary/aromatic N) is 4. The molecule has 1 unspecified atom stereocenters. The smallest absolute Gasteiger partial charge is 0.134 e. The lowest BCUT2D eigenvalue weighted by atomic mass is 10.0. The van der Waals surface area contributed by atoms with Gasteiger partial charge >= 0.3 is 0 Å². The molecule has 3 aromatic rings. The summed E-state index contributed by atoms with van der Waals surface area (Å²) in [5, 5.41) is 3.38. The Morgan fingerprint density at radius 3 is 2.67 bits per heavy atom. The van der Waals surface area contributed by atoms with Crippen LogP contribution in [0.4, 0.5) is 16.0 Å². The molecule has 2 aromatic heterocycles. The number of hydrogen-bond donors (Lipinski definition) is 1. The van der Waals surface area contributed by atoms with Crippen LogP contribution in [0.15, 0.2) is 61.1 Å². The van der Waals surface area contributed by atoms with E-state index in [1.165, 1.54) is 18.5 Å². The lowest BCUT2D eigenvalue weighted by molar-refractivity contribution is 0.122. The lowest BCUT2D eigenvalue weighted by Crippen LogP contribution is -2.36. The molecular weight excluding hydrogens is 345 g/mol. The third-order valence-corrected chi connectivity index (χ3v) is 4.45. The SMILES string of the molecule is Fc1cccc(C(Nc2cc(N3CCOCC3)ncn2)c2ccccn2)c1. The van der Waals surface area contributed by atoms with Crippen LogP contribution in [-0.4, -0.2) is 41.3 Å². The minimum atomic E-state index is -0.325. The van der Waals surface area contributed by atoms with E-state index >= 15 is 0 Å². The molecule has 0 bridgehead atoms. The summed E-state index contributed by atoms with van der Waals surface area (Å²) in [5.74, 6) is 1.22. The second-order valence-electron chi connectivity index (χ2n) is 6.25. The third kappa shape index (κ3) is 4.20. The van der Waals surface area contributed by atoms with Gasteiger partial charge in [-0.05, 0) is 29.8 Å². The molecule has 6 nitrogen and oxygen atoms in total. The number of hydrogen-bond acceptors (Lipinski definition) is 6. The van der Waals surface area contributed by atoms with Gasteiger partial charge in [0.2, 0.25) is 0 Å². The van der Waals surface area contributed by atoms with E-state index in [1.807, 2.05) is 30.3 Å². The number of pyridine rings is 1. The molecule has 1 aromatic carbocycles. The molecule has 1 atom stereocenters. The fraction of sp³-hybridized carbons (Fsp3) is 0.250. The minimum absolute atomic E-state index is 0.285. The lowest BCUT2D eigenvalue weighted by Gasteiger charge is -2.28. The molecular formula is C20H20FN5O. The van der Waals surface area contributed by atoms with Crippen LogP contribution in [0.25, 0.3) is 0 Å². The largest absolute Gasteiger partial charge is 0.378 e. The number of aromatic nitrogens is 3. The van der Waals surface area contributed by atoms with E-state index in [-0.39, 0.29) is 11.9 Å². The van der Waals surface area contributed by atoms with Crippen molar-refractivity contribution in [1.29, 1.82) is 0 Å². The fourth-order valence-electron chi connectivity index (χ4n) is 3.10. The molecule has 27 heavy (non-hydrogen) atoms. The Morgan fingerprint density at radius 2 is 1.89 bits per heavy atom. The minimum Gasteiger partial charge on any atom is -0.378 e. The molecule has 4 rings (SSSR count). The summed E-state index contributed by atoms with van der Waals surface area (Å²) in [5.41, 5.74) is 1.56. The molecule has 1 aliphatic heterocycles. The van der Waals surface area contributed by atoms with Crippen molar-refractivity contribution in [1.82, 2.24) is 15.0 Å². The van der Waals surface area contributed by atoms with Gasteiger partial charge < -0.3 is 15.0 Å². The zero-order chi connectivity index (χ0) is 18.5. The Bertz CT molecular complexity index is 886. The summed E-state index contributed by atoms with van der Waals surface area (Å²) in [6, 6.07) is 13.8. The zero-order valence-corrected chi connectivity index (χ0v) is 14.8. The molecule has 1 N–H and O–H groups in total. The topological polar surface area (TPSA) is 63.2 Å². The number of ether oxygens (including phenoxy) is 1. The van der Waals surface area contributed by atoms with Crippen molar-refractivity contribution in [3.05, 3.63) is 78.1 Å². The molecule has 0 aliphatic carbocycles. The van der Waals surface area contributed by atoms with E-state index in [4.69, 9.17) is 4.74 Å². The first-order valence-corrected chi connectivity index (χ1v) is 8.87. The highest BCUT2D eigenvalue weighted by Crippen LogP contribution is 2.26. The van der Waals surface area contributed by atoms with Gasteiger partial charge in [-0.3, -0.25) is 4.98 Å². The van der Waals surface area contributed by atoms with E-state index < -0.39 is 0 Å². The summed E-state index contributed by atoms with van der Waals surface area (Å²) in [6.45, 7) is 2.97. The predicted octanol–water partition coefficient (Wildman–Crippen LogP) is 3.05. The van der Waals surface area contributed by atoms with Gasteiger partial charge in [-0.25, -0.2) is 14.4 Å². The van der Waals surface area contributed by atoms with Crippen LogP contribution >= 0.6 is 0 Å². The first-order valence-electron chi connectivity index (χ1n) is 8.87. The summed E-state index contributed by atoms with van der Waals surface area (Å²) in [4.78, 5) is 15.3. The molecule has 7 heteroatoms. The van der Waals surface area contributed by atoms with Crippen molar-refractivity contribution in [3.63, 3.8) is 0 Å². The maximum absolute atomic E-state index is 13.8. The maximum atomic E-state index is 13.8. The van der Waals surface area contributed by atoms with Crippen molar-refractivity contribution in [2.75, 3.05) is 36.5 Å². The second kappa shape index (κ2) is 8.09. The van der Waals surface area contributed by atoms with Crippen LogP contribution in [0.2, 0.25) is 0 Å². The van der Waals surface area contributed by atoms with Crippen LogP contribution in [0.5, 0.6) is 0 Å². The highest BCUT2D eigenvalue weighted by atomic mass is 19.1. The van der Waals surface area contributed by atoms with Crippen LogP contribution in [0.3, 0.4) is 0 Å². The predicted molar refractivity (Wildman–Crippen MR) is 101 cm³/mol. The standard InChI is InChI=1S/C20H20FN5O/c21-16-5-3-4-15(12-16)20(17-6-1-2-7-22-17)25-18-13-19(24-14-23-18)26-8-10-27-11-9-26/h1-7,12-14,20H,8-11H2,(H,23,24,25). The van der Waals surface area contributed by atoms with Crippen molar-refractivity contribution in [3.8, 4) is 0 Å². The van der Waals surface area contributed by atoms with Gasteiger partial charge in [0.05, 0.1) is 24.9 Å². The van der Waals surface area contributed by atoms with Gasteiger partial charge in [0, 0.05) is 25.4 Å². The van der Waals surface area contributed by atoms with Crippen LogP contribution < -0.4 is 10.2 Å². The Kier molecular flexibility index (Phi) is 5.20. The first kappa shape index (κ1) is 17.4. The summed E-state index contributed by atoms with van der Waals surface area (Å²) in [6.07, 6.45) is 3.26. The quantitative estimate of drug-likeness (QED) is 0.750. The fourth-order valence-corrected chi connectivity index (χ4v) is 3.10. The molecule has 1 aliphatic rings. The number of benzene rings is 1. The molecule has 1 saturated heterocycles. The summed E-state index contributed by atoms with van der Waals surface area (Å²) in [7, 11) is 0. The third-order valence-electron chi connectivity index (χ3n) is 4.45. The Morgan fingerprint density at radius 1 is 1.00 bits per heavy atom. The van der Waals surface area contributed by atoms with Gasteiger partial charge in [0.15, 0.2) is 0 Å². The Balaban J connectivity index is 1.64. The van der Waals surface area contributed by atoms with Crippen molar-refractivity contribution in [2.45, 2.75) is 6.04 Å². The monoisotopic (exact) mass is 365 g/mol. The number of halogens is 1. The molecule has 1 fully saturated rings. The van der Waals surface area contributed by atoms with Gasteiger partial charge in [-0.1, -0.05) is 18.2 Å². The van der Waals surface area contributed by atoms with Gasteiger partial charge in [0.25, 0.3) is 0 Å². The van der Waals surface area contributed by atoms with Crippen LogP contribution in [0.1, 0.15) is 17.3 Å². The molecule has 138 valence electrons. The van der Waals surface area contributed by atoms with E-state index in [1.54, 1.807) is 12.3 Å². The normalized spacial score (nSPS) is 15.4. The van der Waals surface area contributed by atoms with Crippen LogP contribution in [0, 0.1) is 5.82 Å². The van der Waals surface area contributed by atoms with E-state index in [9.17, 15) is 4.39 Å². The van der Waals surface area contributed by atoms with E-state index in [2.05, 4.69) is 25.2 Å². The molecule has 3 heterocycles. The van der Waals surface area contributed by atoms with Crippen LogP contribution in [-0.2, 0) is 4.74 Å². The van der Waals surface area contributed by atoms with Crippen molar-refractivity contribution < 1.29 is 9.13 Å². The highest BCUT2D eigenvalue weighted by Gasteiger charge is 2.18. The highest BCUT2D eigenvalue weighted by molar-refractivity contribution is 5.51. The first-order chi connectivity index (χ1) is 13.3.